The van der Waals surface area contributed by atoms with E-state index < -0.39 is 22.0 Å². The third-order valence-corrected chi connectivity index (χ3v) is 5.73. The van der Waals surface area contributed by atoms with E-state index in [2.05, 4.69) is 4.72 Å². The van der Waals surface area contributed by atoms with E-state index in [0.29, 0.717) is 23.3 Å². The molecule has 1 unspecified atom stereocenters. The van der Waals surface area contributed by atoms with Crippen molar-refractivity contribution in [3.8, 4) is 6.07 Å². The van der Waals surface area contributed by atoms with Crippen molar-refractivity contribution in [3.63, 3.8) is 0 Å². The predicted octanol–water partition coefficient (Wildman–Crippen LogP) is 1.73. The maximum absolute atomic E-state index is 12.1. The molecule has 1 atom stereocenters. The highest BCUT2D eigenvalue weighted by atomic mass is 32.2. The molecule has 0 spiro atoms. The number of aromatic carboxylic acids is 1. The van der Waals surface area contributed by atoms with Gasteiger partial charge in [0.15, 0.2) is 0 Å². The quantitative estimate of drug-likeness (QED) is 0.832. The van der Waals surface area contributed by atoms with Crippen LogP contribution in [0.3, 0.4) is 0 Å². The summed E-state index contributed by atoms with van der Waals surface area (Å²) in [6, 6.07) is 2.77. The molecular formula is C11H14N2O4S2. The molecule has 8 heteroatoms. The molecular weight excluding hydrogens is 288 g/mol. The third kappa shape index (κ3) is 3.76. The number of carbonyl (C=O) groups is 1. The molecule has 0 amide bonds. The van der Waals surface area contributed by atoms with Gasteiger partial charge in [0, 0.05) is 6.04 Å². The van der Waals surface area contributed by atoms with Crippen LogP contribution in [-0.2, 0) is 10.0 Å². The summed E-state index contributed by atoms with van der Waals surface area (Å²) in [5.74, 6) is -1.15. The van der Waals surface area contributed by atoms with Crippen molar-refractivity contribution in [1.82, 2.24) is 4.72 Å². The Labute approximate surface area is 115 Å². The summed E-state index contributed by atoms with van der Waals surface area (Å²) in [6.45, 7) is 3.32. The van der Waals surface area contributed by atoms with Crippen molar-refractivity contribution >= 4 is 27.3 Å². The van der Waals surface area contributed by atoms with Crippen LogP contribution in [0.25, 0.3) is 0 Å². The Morgan fingerprint density at radius 3 is 2.68 bits per heavy atom. The van der Waals surface area contributed by atoms with Crippen LogP contribution in [-0.4, -0.2) is 25.5 Å². The van der Waals surface area contributed by atoms with Gasteiger partial charge in [0.2, 0.25) is 10.0 Å². The Bertz CT molecular complexity index is 613. The van der Waals surface area contributed by atoms with Gasteiger partial charge in [-0.3, -0.25) is 0 Å². The molecule has 0 saturated heterocycles. The van der Waals surface area contributed by atoms with E-state index in [1.165, 1.54) is 6.07 Å². The molecule has 0 radical (unpaired) electrons. The van der Waals surface area contributed by atoms with Crippen LogP contribution in [0.1, 0.15) is 35.0 Å². The molecule has 0 aliphatic rings. The van der Waals surface area contributed by atoms with Gasteiger partial charge < -0.3 is 5.11 Å². The maximum Gasteiger partial charge on any atom is 0.346 e. The van der Waals surface area contributed by atoms with Gasteiger partial charge in [-0.25, -0.2) is 17.9 Å². The fraction of sp³-hybridized carbons (Fsp3) is 0.455. The standard InChI is InChI=1S/C11H14N2O4S2/c1-3-8(4-5-12)13-19(16,17)9-6-7(2)10(18-9)11(14)15/h6,8,13H,3-4H2,1-2H3,(H,14,15). The van der Waals surface area contributed by atoms with Crippen LogP contribution in [0.4, 0.5) is 0 Å². The van der Waals surface area contributed by atoms with Crippen molar-refractivity contribution in [2.75, 3.05) is 0 Å². The molecule has 0 aliphatic heterocycles. The first-order chi connectivity index (χ1) is 8.81. The fourth-order valence-electron chi connectivity index (χ4n) is 1.45. The fourth-order valence-corrected chi connectivity index (χ4v) is 4.17. The van der Waals surface area contributed by atoms with Crippen LogP contribution in [0.15, 0.2) is 10.3 Å². The second-order valence-electron chi connectivity index (χ2n) is 3.97. The van der Waals surface area contributed by atoms with Gasteiger partial charge in [0.1, 0.15) is 9.09 Å². The highest BCUT2D eigenvalue weighted by Gasteiger charge is 2.24. The second-order valence-corrected chi connectivity index (χ2v) is 6.96. The maximum atomic E-state index is 12.1. The Kier molecular flexibility index (Phi) is 5.05. The summed E-state index contributed by atoms with van der Waals surface area (Å²) in [4.78, 5) is 10.9. The summed E-state index contributed by atoms with van der Waals surface area (Å²) in [6.07, 6.45) is 0.564. The normalized spacial score (nSPS) is 12.9. The van der Waals surface area contributed by atoms with E-state index in [0.717, 1.165) is 0 Å². The first-order valence-corrected chi connectivity index (χ1v) is 7.84. The Balaban J connectivity index is 3.04. The van der Waals surface area contributed by atoms with Crippen LogP contribution in [0, 0.1) is 18.3 Å². The van der Waals surface area contributed by atoms with Crippen molar-refractivity contribution in [3.05, 3.63) is 16.5 Å². The summed E-state index contributed by atoms with van der Waals surface area (Å²) < 4.78 is 26.5. The summed E-state index contributed by atoms with van der Waals surface area (Å²) >= 11 is 0.712. The molecule has 6 nitrogen and oxygen atoms in total. The lowest BCUT2D eigenvalue weighted by Crippen LogP contribution is -2.33. The second kappa shape index (κ2) is 6.14. The minimum atomic E-state index is -3.77. The minimum absolute atomic E-state index is 0.00806. The van der Waals surface area contributed by atoms with Gasteiger partial charge in [-0.1, -0.05) is 6.92 Å². The number of carboxylic acid groups (broad SMARTS) is 1. The molecule has 1 aromatic heterocycles. The van der Waals surface area contributed by atoms with Crippen molar-refractivity contribution in [2.24, 2.45) is 0 Å². The largest absolute Gasteiger partial charge is 0.477 e. The van der Waals surface area contributed by atoms with Crippen molar-refractivity contribution in [2.45, 2.75) is 36.9 Å². The van der Waals surface area contributed by atoms with E-state index in [1.54, 1.807) is 13.8 Å². The zero-order valence-electron chi connectivity index (χ0n) is 10.5. The molecule has 1 heterocycles. The van der Waals surface area contributed by atoms with Gasteiger partial charge in [0.05, 0.1) is 12.5 Å². The first kappa shape index (κ1) is 15.6. The summed E-state index contributed by atoms with van der Waals surface area (Å²) in [5.41, 5.74) is 0.409. The number of carboxylic acids is 1. The lowest BCUT2D eigenvalue weighted by Gasteiger charge is -2.12. The number of nitriles is 1. The lowest BCUT2D eigenvalue weighted by atomic mass is 10.2. The summed E-state index contributed by atoms with van der Waals surface area (Å²) in [7, 11) is -3.77. The van der Waals surface area contributed by atoms with E-state index in [4.69, 9.17) is 10.4 Å². The van der Waals surface area contributed by atoms with Gasteiger partial charge in [-0.15, -0.1) is 11.3 Å². The van der Waals surface area contributed by atoms with Gasteiger partial charge in [0.25, 0.3) is 0 Å². The molecule has 0 saturated carbocycles. The van der Waals surface area contributed by atoms with E-state index in [-0.39, 0.29) is 15.5 Å². The predicted molar refractivity (Wildman–Crippen MR) is 70.6 cm³/mol. The number of nitrogens with one attached hydrogen (secondary N) is 1. The molecule has 0 bridgehead atoms. The van der Waals surface area contributed by atoms with E-state index >= 15 is 0 Å². The molecule has 19 heavy (non-hydrogen) atoms. The Morgan fingerprint density at radius 1 is 1.63 bits per heavy atom. The van der Waals surface area contributed by atoms with Crippen molar-refractivity contribution < 1.29 is 18.3 Å². The third-order valence-electron chi connectivity index (χ3n) is 2.51. The van der Waals surface area contributed by atoms with Crippen molar-refractivity contribution in [1.29, 1.82) is 5.26 Å². The van der Waals surface area contributed by atoms with Crippen LogP contribution in [0.2, 0.25) is 0 Å². The molecule has 1 aromatic rings. The number of nitrogens with zero attached hydrogens (tertiary/aromatic N) is 1. The number of sulfonamides is 1. The van der Waals surface area contributed by atoms with Gasteiger partial charge >= 0.3 is 5.97 Å². The average molecular weight is 302 g/mol. The Morgan fingerprint density at radius 2 is 2.26 bits per heavy atom. The number of hydrogen-bond donors (Lipinski definition) is 2. The highest BCUT2D eigenvalue weighted by Crippen LogP contribution is 2.26. The van der Waals surface area contributed by atoms with Crippen LogP contribution < -0.4 is 4.72 Å². The summed E-state index contributed by atoms with van der Waals surface area (Å²) in [5, 5.41) is 17.5. The van der Waals surface area contributed by atoms with E-state index in [1.807, 2.05) is 6.07 Å². The number of thiophene rings is 1. The molecule has 0 aliphatic carbocycles. The van der Waals surface area contributed by atoms with Gasteiger partial charge in [-0.2, -0.15) is 5.26 Å². The molecule has 104 valence electrons. The molecule has 0 aromatic carbocycles. The smallest absolute Gasteiger partial charge is 0.346 e. The monoisotopic (exact) mass is 302 g/mol. The zero-order valence-corrected chi connectivity index (χ0v) is 12.1. The van der Waals surface area contributed by atoms with Crippen LogP contribution >= 0.6 is 11.3 Å². The lowest BCUT2D eigenvalue weighted by molar-refractivity contribution is 0.0701. The van der Waals surface area contributed by atoms with Gasteiger partial charge in [-0.05, 0) is 25.0 Å². The minimum Gasteiger partial charge on any atom is -0.477 e. The number of aryl methyl sites for hydroxylation is 1. The average Bonchev–Trinajstić information content (AvgIpc) is 2.71. The number of hydrogen-bond acceptors (Lipinski definition) is 5. The Hall–Kier alpha value is -1.43. The van der Waals surface area contributed by atoms with E-state index in [9.17, 15) is 13.2 Å². The molecule has 0 fully saturated rings. The SMILES string of the molecule is CCC(CC#N)NS(=O)(=O)c1cc(C)c(C(=O)O)s1. The molecule has 2 N–H and O–H groups in total. The van der Waals surface area contributed by atoms with Crippen LogP contribution in [0.5, 0.6) is 0 Å². The zero-order chi connectivity index (χ0) is 14.6. The highest BCUT2D eigenvalue weighted by molar-refractivity contribution is 7.91. The first-order valence-electron chi connectivity index (χ1n) is 5.54. The molecule has 1 rings (SSSR count). The number of rotatable bonds is 6. The topological polar surface area (TPSA) is 107 Å².